The summed E-state index contributed by atoms with van der Waals surface area (Å²) in [5, 5.41) is 11.2. The number of anilines is 2. The van der Waals surface area contributed by atoms with Crippen molar-refractivity contribution in [2.24, 2.45) is 0 Å². The normalized spacial score (nSPS) is 9.62. The van der Waals surface area contributed by atoms with Crippen LogP contribution in [0.1, 0.15) is 0 Å². The van der Waals surface area contributed by atoms with Crippen LogP contribution in [0.15, 0.2) is 12.1 Å². The molecule has 0 aliphatic rings. The van der Waals surface area contributed by atoms with E-state index >= 15 is 0 Å². The van der Waals surface area contributed by atoms with Gasteiger partial charge in [0.15, 0.2) is 11.5 Å². The molecule has 0 fully saturated rings. The van der Waals surface area contributed by atoms with Gasteiger partial charge in [-0.15, -0.1) is 0 Å². The van der Waals surface area contributed by atoms with E-state index in [0.717, 1.165) is 0 Å². The summed E-state index contributed by atoms with van der Waals surface area (Å²) in [6.07, 6.45) is 0. The number of carboxylic acid groups (broad SMARTS) is 1. The maximum Gasteiger partial charge on any atom is 0.322 e. The van der Waals surface area contributed by atoms with Gasteiger partial charge in [0, 0.05) is 12.1 Å². The minimum absolute atomic E-state index is 0.209. The van der Waals surface area contributed by atoms with Crippen molar-refractivity contribution < 1.29 is 19.4 Å². The van der Waals surface area contributed by atoms with Crippen molar-refractivity contribution in [3.63, 3.8) is 0 Å². The van der Waals surface area contributed by atoms with Gasteiger partial charge in [-0.1, -0.05) is 0 Å². The zero-order chi connectivity index (χ0) is 12.1. The summed E-state index contributed by atoms with van der Waals surface area (Å²) in [4.78, 5) is 10.4. The Balaban J connectivity index is 2.96. The average molecular weight is 226 g/mol. The Morgan fingerprint density at radius 1 is 1.38 bits per heavy atom. The zero-order valence-electron chi connectivity index (χ0n) is 9.11. The number of methoxy groups -OCH3 is 2. The van der Waals surface area contributed by atoms with E-state index in [-0.39, 0.29) is 6.54 Å². The summed E-state index contributed by atoms with van der Waals surface area (Å²) < 4.78 is 10.1. The molecular weight excluding hydrogens is 212 g/mol. The van der Waals surface area contributed by atoms with Crippen molar-refractivity contribution in [2.75, 3.05) is 31.8 Å². The summed E-state index contributed by atoms with van der Waals surface area (Å²) in [5.74, 6) is 0.0275. The van der Waals surface area contributed by atoms with Crippen molar-refractivity contribution in [2.45, 2.75) is 0 Å². The van der Waals surface area contributed by atoms with Gasteiger partial charge in [0.2, 0.25) is 0 Å². The maximum absolute atomic E-state index is 10.4. The summed E-state index contributed by atoms with van der Waals surface area (Å²) >= 11 is 0. The van der Waals surface area contributed by atoms with Crippen molar-refractivity contribution in [3.05, 3.63) is 12.1 Å². The number of carbonyl (C=O) groups is 1. The quantitative estimate of drug-likeness (QED) is 0.642. The van der Waals surface area contributed by atoms with E-state index in [2.05, 4.69) is 5.32 Å². The number of aliphatic carboxylic acids is 1. The van der Waals surface area contributed by atoms with Crippen LogP contribution in [0.2, 0.25) is 0 Å². The Hall–Kier alpha value is -2.11. The van der Waals surface area contributed by atoms with Gasteiger partial charge < -0.3 is 25.6 Å². The maximum atomic E-state index is 10.4. The Kier molecular flexibility index (Phi) is 3.82. The molecule has 0 aliphatic carbocycles. The van der Waals surface area contributed by atoms with Crippen molar-refractivity contribution in [1.82, 2.24) is 0 Å². The summed E-state index contributed by atoms with van der Waals surface area (Å²) in [6.45, 7) is -0.209. The van der Waals surface area contributed by atoms with Crippen molar-refractivity contribution in [1.29, 1.82) is 0 Å². The first-order valence-electron chi connectivity index (χ1n) is 4.55. The number of carboxylic acids is 1. The second-order valence-electron chi connectivity index (χ2n) is 3.04. The van der Waals surface area contributed by atoms with Crippen LogP contribution < -0.4 is 20.5 Å². The summed E-state index contributed by atoms with van der Waals surface area (Å²) in [6, 6.07) is 3.17. The lowest BCUT2D eigenvalue weighted by atomic mass is 10.2. The third-order valence-corrected chi connectivity index (χ3v) is 1.99. The van der Waals surface area contributed by atoms with Crippen molar-refractivity contribution >= 4 is 17.3 Å². The molecule has 4 N–H and O–H groups in total. The number of hydrogen-bond acceptors (Lipinski definition) is 5. The van der Waals surface area contributed by atoms with Crippen LogP contribution in [-0.2, 0) is 4.79 Å². The number of rotatable bonds is 5. The monoisotopic (exact) mass is 226 g/mol. The van der Waals surface area contributed by atoms with Gasteiger partial charge in [0.05, 0.1) is 25.6 Å². The zero-order valence-corrected chi connectivity index (χ0v) is 9.11. The van der Waals surface area contributed by atoms with E-state index in [1.807, 2.05) is 0 Å². The molecule has 0 saturated heterocycles. The molecule has 1 rings (SSSR count). The molecule has 0 unspecified atom stereocenters. The first-order valence-corrected chi connectivity index (χ1v) is 4.55. The Morgan fingerprint density at radius 3 is 2.44 bits per heavy atom. The minimum atomic E-state index is -0.964. The first kappa shape index (κ1) is 12.0. The van der Waals surface area contributed by atoms with E-state index in [9.17, 15) is 4.79 Å². The van der Waals surface area contributed by atoms with Crippen LogP contribution in [-0.4, -0.2) is 31.8 Å². The molecule has 0 amide bonds. The third kappa shape index (κ3) is 2.69. The molecule has 6 heteroatoms. The molecule has 0 atom stereocenters. The Labute approximate surface area is 93.0 Å². The highest BCUT2D eigenvalue weighted by Crippen LogP contribution is 2.34. The van der Waals surface area contributed by atoms with Gasteiger partial charge in [-0.3, -0.25) is 4.79 Å². The SMILES string of the molecule is COc1cc(N)c(NCC(=O)O)cc1OC. The number of nitrogens with one attached hydrogen (secondary N) is 1. The fraction of sp³-hybridized carbons (Fsp3) is 0.300. The average Bonchev–Trinajstić information content (AvgIpc) is 2.26. The summed E-state index contributed by atoms with van der Waals surface area (Å²) in [5.41, 5.74) is 6.62. The van der Waals surface area contributed by atoms with Crippen LogP contribution in [0.25, 0.3) is 0 Å². The smallest absolute Gasteiger partial charge is 0.322 e. The summed E-state index contributed by atoms with van der Waals surface area (Å²) in [7, 11) is 3.00. The predicted octanol–water partition coefficient (Wildman–Crippen LogP) is 0.782. The lowest BCUT2D eigenvalue weighted by Gasteiger charge is -2.12. The van der Waals surface area contributed by atoms with E-state index in [1.54, 1.807) is 12.1 Å². The third-order valence-electron chi connectivity index (χ3n) is 1.99. The Morgan fingerprint density at radius 2 is 1.94 bits per heavy atom. The molecule has 88 valence electrons. The number of benzene rings is 1. The van der Waals surface area contributed by atoms with Crippen LogP contribution >= 0.6 is 0 Å². The highest BCUT2D eigenvalue weighted by atomic mass is 16.5. The fourth-order valence-electron chi connectivity index (χ4n) is 1.22. The molecule has 0 radical (unpaired) electrons. The number of hydrogen-bond donors (Lipinski definition) is 3. The van der Waals surface area contributed by atoms with Gasteiger partial charge in [0.25, 0.3) is 0 Å². The molecule has 0 heterocycles. The molecular formula is C10H14N2O4. The lowest BCUT2D eigenvalue weighted by molar-refractivity contribution is -0.134. The molecule has 1 aromatic rings. The first-order chi connectivity index (χ1) is 7.58. The van der Waals surface area contributed by atoms with E-state index in [0.29, 0.717) is 22.9 Å². The second kappa shape index (κ2) is 5.11. The molecule has 6 nitrogen and oxygen atoms in total. The molecule has 0 bridgehead atoms. The molecule has 0 spiro atoms. The van der Waals surface area contributed by atoms with E-state index in [1.165, 1.54) is 14.2 Å². The van der Waals surface area contributed by atoms with Gasteiger partial charge in [-0.25, -0.2) is 0 Å². The number of nitrogens with two attached hydrogens (primary N) is 1. The van der Waals surface area contributed by atoms with Gasteiger partial charge in [-0.2, -0.15) is 0 Å². The Bertz CT molecular complexity index is 393. The fourth-order valence-corrected chi connectivity index (χ4v) is 1.22. The van der Waals surface area contributed by atoms with Gasteiger partial charge in [-0.05, 0) is 0 Å². The molecule has 0 saturated carbocycles. The van der Waals surface area contributed by atoms with Crippen LogP contribution in [0.4, 0.5) is 11.4 Å². The van der Waals surface area contributed by atoms with Crippen molar-refractivity contribution in [3.8, 4) is 11.5 Å². The second-order valence-corrected chi connectivity index (χ2v) is 3.04. The topological polar surface area (TPSA) is 93.8 Å². The molecule has 16 heavy (non-hydrogen) atoms. The van der Waals surface area contributed by atoms with Crippen LogP contribution in [0.3, 0.4) is 0 Å². The highest BCUT2D eigenvalue weighted by Gasteiger charge is 2.09. The highest BCUT2D eigenvalue weighted by molar-refractivity contribution is 5.78. The van der Waals surface area contributed by atoms with Gasteiger partial charge >= 0.3 is 5.97 Å². The van der Waals surface area contributed by atoms with E-state index in [4.69, 9.17) is 20.3 Å². The predicted molar refractivity (Wildman–Crippen MR) is 60.1 cm³/mol. The minimum Gasteiger partial charge on any atom is -0.493 e. The number of nitrogen functional groups attached to an aromatic ring is 1. The number of ether oxygens (including phenoxy) is 2. The van der Waals surface area contributed by atoms with E-state index < -0.39 is 5.97 Å². The van der Waals surface area contributed by atoms with Crippen LogP contribution in [0, 0.1) is 0 Å². The van der Waals surface area contributed by atoms with Gasteiger partial charge in [0.1, 0.15) is 6.54 Å². The molecule has 1 aromatic carbocycles. The molecule has 0 aromatic heterocycles. The van der Waals surface area contributed by atoms with Crippen LogP contribution in [0.5, 0.6) is 11.5 Å². The largest absolute Gasteiger partial charge is 0.493 e. The lowest BCUT2D eigenvalue weighted by Crippen LogP contribution is -2.13. The molecule has 0 aliphatic heterocycles. The standard InChI is InChI=1S/C10H14N2O4/c1-15-8-3-6(11)7(4-9(8)16-2)12-5-10(13)14/h3-4,12H,5,11H2,1-2H3,(H,13,14).